The minimum Gasteiger partial charge on any atom is -0.314 e. The van der Waals surface area contributed by atoms with Gasteiger partial charge in [-0.1, -0.05) is 23.2 Å². The van der Waals surface area contributed by atoms with Crippen LogP contribution in [0, 0.1) is 5.82 Å². The fourth-order valence-electron chi connectivity index (χ4n) is 2.29. The highest BCUT2D eigenvalue weighted by Gasteiger charge is 2.47. The summed E-state index contributed by atoms with van der Waals surface area (Å²) in [6, 6.07) is 0.243. The summed E-state index contributed by atoms with van der Waals surface area (Å²) in [5.74, 6) is -1.11. The Hall–Kier alpha value is -0.560. The van der Waals surface area contributed by atoms with E-state index >= 15 is 0 Å². The number of benzene rings is 1. The quantitative estimate of drug-likeness (QED) is 0.658. The molecule has 0 aliphatic carbocycles. The van der Waals surface area contributed by atoms with Crippen LogP contribution in [0.3, 0.4) is 0 Å². The smallest absolute Gasteiger partial charge is 0.314 e. The second-order valence-electron chi connectivity index (χ2n) is 4.49. The van der Waals surface area contributed by atoms with Crippen LogP contribution < -0.4 is 5.32 Å². The van der Waals surface area contributed by atoms with Crippen LogP contribution in [0.15, 0.2) is 12.1 Å². The van der Waals surface area contributed by atoms with E-state index in [2.05, 4.69) is 5.32 Å². The van der Waals surface area contributed by atoms with E-state index in [1.807, 2.05) is 0 Å². The van der Waals surface area contributed by atoms with Crippen molar-refractivity contribution in [1.29, 1.82) is 0 Å². The van der Waals surface area contributed by atoms with E-state index in [4.69, 9.17) is 23.2 Å². The van der Waals surface area contributed by atoms with Crippen molar-refractivity contribution in [2.75, 3.05) is 26.2 Å². The van der Waals surface area contributed by atoms with E-state index in [9.17, 15) is 17.6 Å². The number of alkyl halides is 3. The van der Waals surface area contributed by atoms with Gasteiger partial charge in [0.2, 0.25) is 0 Å². The van der Waals surface area contributed by atoms with Crippen LogP contribution in [0.2, 0.25) is 10.0 Å². The standard InChI is InChI=1S/C12H12Cl2F4N2/c13-7-1-2-8(14)10(15)9(7)11(12(16,17)18)20-5-3-19-4-6-20/h1-2,11,19H,3-6H2/t11-/m1/s1. The van der Waals surface area contributed by atoms with Crippen molar-refractivity contribution in [2.24, 2.45) is 0 Å². The molecule has 0 saturated carbocycles. The first-order chi connectivity index (χ1) is 9.32. The van der Waals surface area contributed by atoms with Gasteiger partial charge >= 0.3 is 6.18 Å². The third kappa shape index (κ3) is 3.19. The molecule has 112 valence electrons. The lowest BCUT2D eigenvalue weighted by Gasteiger charge is -2.36. The molecular weight excluding hydrogens is 319 g/mol. The van der Waals surface area contributed by atoms with Gasteiger partial charge in [-0.3, -0.25) is 4.90 Å². The molecule has 1 aliphatic heterocycles. The highest BCUT2D eigenvalue weighted by atomic mass is 35.5. The number of rotatable bonds is 2. The average molecular weight is 331 g/mol. The Balaban J connectivity index is 2.49. The molecule has 2 nitrogen and oxygen atoms in total. The largest absolute Gasteiger partial charge is 0.408 e. The molecule has 1 N–H and O–H groups in total. The number of nitrogens with one attached hydrogen (secondary N) is 1. The summed E-state index contributed by atoms with van der Waals surface area (Å²) >= 11 is 11.4. The molecule has 8 heteroatoms. The van der Waals surface area contributed by atoms with Gasteiger partial charge in [-0.2, -0.15) is 13.2 Å². The van der Waals surface area contributed by atoms with Crippen LogP contribution >= 0.6 is 23.2 Å². The summed E-state index contributed by atoms with van der Waals surface area (Å²) in [6.45, 7) is 1.14. The molecular formula is C12H12Cl2F4N2. The number of piperazine rings is 1. The van der Waals surface area contributed by atoms with E-state index in [0.29, 0.717) is 13.1 Å². The summed E-state index contributed by atoms with van der Waals surface area (Å²) in [7, 11) is 0. The zero-order chi connectivity index (χ0) is 14.9. The Kier molecular flexibility index (Phi) is 4.79. The summed E-state index contributed by atoms with van der Waals surface area (Å²) in [5, 5.41) is 2.31. The maximum absolute atomic E-state index is 14.0. The third-order valence-corrected chi connectivity index (χ3v) is 3.80. The van der Waals surface area contributed by atoms with E-state index in [1.165, 1.54) is 6.07 Å². The van der Waals surface area contributed by atoms with Gasteiger partial charge in [0.25, 0.3) is 0 Å². The highest BCUT2D eigenvalue weighted by molar-refractivity contribution is 6.33. The molecule has 0 spiro atoms. The SMILES string of the molecule is Fc1c(Cl)ccc(Cl)c1[C@@H](N1CCNCC1)C(F)(F)F. The fourth-order valence-corrected chi connectivity index (χ4v) is 2.70. The van der Waals surface area contributed by atoms with Gasteiger partial charge in [-0.25, -0.2) is 4.39 Å². The second-order valence-corrected chi connectivity index (χ2v) is 5.30. The summed E-state index contributed by atoms with van der Waals surface area (Å²) in [5.41, 5.74) is -0.603. The molecule has 1 heterocycles. The minimum absolute atomic E-state index is 0.159. The number of hydrogen-bond donors (Lipinski definition) is 1. The lowest BCUT2D eigenvalue weighted by Crippen LogP contribution is -2.49. The van der Waals surface area contributed by atoms with Crippen LogP contribution in [0.5, 0.6) is 0 Å². The third-order valence-electron chi connectivity index (χ3n) is 3.18. The van der Waals surface area contributed by atoms with Crippen LogP contribution in [-0.4, -0.2) is 37.3 Å². The molecule has 0 amide bonds. The molecule has 1 saturated heterocycles. The van der Waals surface area contributed by atoms with Crippen LogP contribution in [0.25, 0.3) is 0 Å². The molecule has 1 aliphatic rings. The molecule has 1 aromatic carbocycles. The molecule has 20 heavy (non-hydrogen) atoms. The van der Waals surface area contributed by atoms with Crippen molar-refractivity contribution < 1.29 is 17.6 Å². The number of hydrogen-bond acceptors (Lipinski definition) is 2. The zero-order valence-electron chi connectivity index (χ0n) is 10.3. The zero-order valence-corrected chi connectivity index (χ0v) is 11.8. The average Bonchev–Trinajstić information content (AvgIpc) is 2.39. The molecule has 2 rings (SSSR count). The maximum atomic E-state index is 14.0. The van der Waals surface area contributed by atoms with E-state index in [0.717, 1.165) is 11.0 Å². The molecule has 0 bridgehead atoms. The molecule has 0 aromatic heterocycles. The van der Waals surface area contributed by atoms with Crippen LogP contribution in [-0.2, 0) is 0 Å². The van der Waals surface area contributed by atoms with Gasteiger partial charge in [-0.15, -0.1) is 0 Å². The van der Waals surface area contributed by atoms with Gasteiger partial charge in [-0.05, 0) is 12.1 Å². The van der Waals surface area contributed by atoms with Gasteiger partial charge in [0, 0.05) is 36.8 Å². The van der Waals surface area contributed by atoms with Gasteiger partial charge < -0.3 is 5.32 Å². The first-order valence-electron chi connectivity index (χ1n) is 5.97. The molecule has 0 unspecified atom stereocenters. The second kappa shape index (κ2) is 6.05. The molecule has 1 aromatic rings. The Labute approximate surface area is 123 Å². The normalized spacial score (nSPS) is 19.1. The predicted octanol–water partition coefficient (Wildman–Crippen LogP) is 3.64. The lowest BCUT2D eigenvalue weighted by atomic mass is 10.0. The Morgan fingerprint density at radius 2 is 1.65 bits per heavy atom. The van der Waals surface area contributed by atoms with Crippen molar-refractivity contribution in [1.82, 2.24) is 10.2 Å². The first kappa shape index (κ1) is 15.8. The Bertz CT molecular complexity index is 487. The van der Waals surface area contributed by atoms with Crippen LogP contribution in [0.1, 0.15) is 11.6 Å². The molecule has 0 radical (unpaired) electrons. The summed E-state index contributed by atoms with van der Waals surface area (Å²) in [6.07, 6.45) is -4.63. The lowest BCUT2D eigenvalue weighted by molar-refractivity contribution is -0.188. The Morgan fingerprint density at radius 1 is 1.10 bits per heavy atom. The van der Waals surface area contributed by atoms with Crippen molar-refractivity contribution in [3.8, 4) is 0 Å². The van der Waals surface area contributed by atoms with Gasteiger partial charge in [0.15, 0.2) is 0 Å². The topological polar surface area (TPSA) is 15.3 Å². The maximum Gasteiger partial charge on any atom is 0.408 e. The van der Waals surface area contributed by atoms with E-state index < -0.39 is 23.6 Å². The van der Waals surface area contributed by atoms with Gasteiger partial charge in [0.1, 0.15) is 11.9 Å². The monoisotopic (exact) mass is 330 g/mol. The highest BCUT2D eigenvalue weighted by Crippen LogP contribution is 2.43. The summed E-state index contributed by atoms with van der Waals surface area (Å²) < 4.78 is 54.1. The number of halogens is 6. The minimum atomic E-state index is -4.63. The van der Waals surface area contributed by atoms with Crippen LogP contribution in [0.4, 0.5) is 17.6 Å². The predicted molar refractivity (Wildman–Crippen MR) is 69.7 cm³/mol. The van der Waals surface area contributed by atoms with Crippen molar-refractivity contribution >= 4 is 23.2 Å². The van der Waals surface area contributed by atoms with Gasteiger partial charge in [0.05, 0.1) is 5.02 Å². The van der Waals surface area contributed by atoms with Crippen molar-refractivity contribution in [3.05, 3.63) is 33.6 Å². The molecule has 1 fully saturated rings. The molecule has 1 atom stereocenters. The Morgan fingerprint density at radius 3 is 2.20 bits per heavy atom. The first-order valence-corrected chi connectivity index (χ1v) is 6.73. The van der Waals surface area contributed by atoms with Crippen molar-refractivity contribution in [3.63, 3.8) is 0 Å². The fraction of sp³-hybridized carbons (Fsp3) is 0.500. The summed E-state index contributed by atoms with van der Waals surface area (Å²) in [4.78, 5) is 1.16. The van der Waals surface area contributed by atoms with E-state index in [1.54, 1.807) is 0 Å². The van der Waals surface area contributed by atoms with E-state index in [-0.39, 0.29) is 23.1 Å². The number of nitrogens with zero attached hydrogens (tertiary/aromatic N) is 1. The van der Waals surface area contributed by atoms with Crippen molar-refractivity contribution in [2.45, 2.75) is 12.2 Å².